The average Bonchev–Trinajstić information content (AvgIpc) is 2.96. The summed E-state index contributed by atoms with van der Waals surface area (Å²) in [4.78, 5) is 26.4. The first kappa shape index (κ1) is 17.9. The molecule has 3 nitrogen and oxygen atoms in total. The van der Waals surface area contributed by atoms with Crippen molar-refractivity contribution in [3.05, 3.63) is 75.4 Å². The van der Waals surface area contributed by atoms with Crippen molar-refractivity contribution in [1.82, 2.24) is 0 Å². The SMILES string of the molecule is Cc1cccc(C2(C)C(=O)Nc3sc(Cl)c(-c4ccccc4F)c3C2=O)c1. The third-order valence-electron chi connectivity index (χ3n) is 4.97. The van der Waals surface area contributed by atoms with Crippen LogP contribution in [0.2, 0.25) is 4.34 Å². The molecule has 3 aromatic rings. The van der Waals surface area contributed by atoms with Gasteiger partial charge in [0.05, 0.1) is 5.56 Å². The minimum absolute atomic E-state index is 0.246. The molecule has 1 atom stereocenters. The number of rotatable bonds is 2. The third-order valence-corrected chi connectivity index (χ3v) is 6.28. The number of anilines is 1. The fraction of sp³-hybridized carbons (Fsp3) is 0.143. The van der Waals surface area contributed by atoms with Crippen LogP contribution in [0.5, 0.6) is 0 Å². The van der Waals surface area contributed by atoms with Gasteiger partial charge in [-0.25, -0.2) is 4.39 Å². The van der Waals surface area contributed by atoms with E-state index in [1.165, 1.54) is 6.07 Å². The maximum Gasteiger partial charge on any atom is 0.243 e. The van der Waals surface area contributed by atoms with Gasteiger partial charge in [0.25, 0.3) is 0 Å². The lowest BCUT2D eigenvalue weighted by atomic mass is 9.72. The number of nitrogens with one attached hydrogen (secondary N) is 1. The van der Waals surface area contributed by atoms with E-state index in [1.54, 1.807) is 31.2 Å². The number of carbonyl (C=O) groups excluding carboxylic acids is 2. The molecule has 4 rings (SSSR count). The standard InChI is InChI=1S/C21H15ClFNO2S/c1-11-6-5-7-12(10-11)21(2)17(25)16-15(13-8-3-4-9-14(13)23)18(22)27-19(16)24-20(21)26/h3-10H,1-2H3,(H,24,26). The first-order valence-electron chi connectivity index (χ1n) is 8.34. The monoisotopic (exact) mass is 399 g/mol. The molecule has 0 saturated heterocycles. The number of thiophene rings is 1. The van der Waals surface area contributed by atoms with Crippen molar-refractivity contribution in [3.63, 3.8) is 0 Å². The molecule has 136 valence electrons. The topological polar surface area (TPSA) is 46.2 Å². The predicted molar refractivity (Wildman–Crippen MR) is 106 cm³/mol. The Hall–Kier alpha value is -2.50. The molecule has 0 saturated carbocycles. The molecule has 1 aliphatic heterocycles. The lowest BCUT2D eigenvalue weighted by Gasteiger charge is -2.32. The number of Topliss-reactive ketones (excluding diaryl/α,β-unsaturated/α-hetero) is 1. The largest absolute Gasteiger partial charge is 0.316 e. The summed E-state index contributed by atoms with van der Waals surface area (Å²) < 4.78 is 14.7. The van der Waals surface area contributed by atoms with Gasteiger partial charge >= 0.3 is 0 Å². The van der Waals surface area contributed by atoms with E-state index >= 15 is 0 Å². The van der Waals surface area contributed by atoms with Gasteiger partial charge in [-0.1, -0.05) is 59.6 Å². The summed E-state index contributed by atoms with van der Waals surface area (Å²) in [6.45, 7) is 3.49. The smallest absolute Gasteiger partial charge is 0.243 e. The van der Waals surface area contributed by atoms with Gasteiger partial charge in [0, 0.05) is 11.1 Å². The molecule has 0 bridgehead atoms. The summed E-state index contributed by atoms with van der Waals surface area (Å²) in [5.41, 5.74) is 0.965. The highest BCUT2D eigenvalue weighted by Crippen LogP contribution is 2.49. The molecular weight excluding hydrogens is 385 g/mol. The molecule has 0 fully saturated rings. The third kappa shape index (κ3) is 2.61. The Morgan fingerprint density at radius 1 is 1.07 bits per heavy atom. The minimum atomic E-state index is -1.41. The number of halogens is 2. The molecule has 0 spiro atoms. The molecule has 27 heavy (non-hydrogen) atoms. The molecule has 2 heterocycles. The van der Waals surface area contributed by atoms with Crippen LogP contribution < -0.4 is 5.32 Å². The summed E-state index contributed by atoms with van der Waals surface area (Å²) in [6, 6.07) is 13.4. The Labute approximate surface area is 164 Å². The number of carbonyl (C=O) groups is 2. The van der Waals surface area contributed by atoms with Gasteiger partial charge in [0.1, 0.15) is 20.6 Å². The lowest BCUT2D eigenvalue weighted by Crippen LogP contribution is -2.48. The maximum absolute atomic E-state index is 14.4. The van der Waals surface area contributed by atoms with Crippen molar-refractivity contribution in [2.75, 3.05) is 5.32 Å². The maximum atomic E-state index is 14.4. The van der Waals surface area contributed by atoms with Gasteiger partial charge in [-0.05, 0) is 25.5 Å². The fourth-order valence-electron chi connectivity index (χ4n) is 3.41. The number of amides is 1. The van der Waals surface area contributed by atoms with Crippen molar-refractivity contribution >= 4 is 39.6 Å². The van der Waals surface area contributed by atoms with E-state index in [4.69, 9.17) is 11.6 Å². The summed E-state index contributed by atoms with van der Waals surface area (Å²) in [5.74, 6) is -1.26. The molecule has 1 aromatic heterocycles. The van der Waals surface area contributed by atoms with Crippen LogP contribution in [0.3, 0.4) is 0 Å². The van der Waals surface area contributed by atoms with Gasteiger partial charge in [-0.3, -0.25) is 9.59 Å². The van der Waals surface area contributed by atoms with Crippen LogP contribution in [0.15, 0.2) is 48.5 Å². The van der Waals surface area contributed by atoms with Gasteiger partial charge in [0.15, 0.2) is 5.78 Å². The number of ketones is 1. The van der Waals surface area contributed by atoms with E-state index in [1.807, 2.05) is 25.1 Å². The van der Waals surface area contributed by atoms with Gasteiger partial charge in [-0.15, -0.1) is 11.3 Å². The van der Waals surface area contributed by atoms with E-state index in [0.29, 0.717) is 16.1 Å². The van der Waals surface area contributed by atoms with E-state index in [-0.39, 0.29) is 21.2 Å². The van der Waals surface area contributed by atoms with Crippen LogP contribution in [0.4, 0.5) is 9.39 Å². The summed E-state index contributed by atoms with van der Waals surface area (Å²) in [5, 5.41) is 3.16. The second-order valence-electron chi connectivity index (χ2n) is 6.71. The quantitative estimate of drug-likeness (QED) is 0.569. The predicted octanol–water partition coefficient (Wildman–Crippen LogP) is 5.61. The van der Waals surface area contributed by atoms with E-state index in [9.17, 15) is 14.0 Å². The zero-order valence-corrected chi connectivity index (χ0v) is 16.2. The zero-order valence-electron chi connectivity index (χ0n) is 14.6. The Morgan fingerprint density at radius 3 is 2.52 bits per heavy atom. The second-order valence-corrected chi connectivity index (χ2v) is 8.34. The zero-order chi connectivity index (χ0) is 19.3. The van der Waals surface area contributed by atoms with E-state index in [0.717, 1.165) is 16.9 Å². The second kappa shape index (κ2) is 6.29. The van der Waals surface area contributed by atoms with Crippen molar-refractivity contribution < 1.29 is 14.0 Å². The van der Waals surface area contributed by atoms with E-state index < -0.39 is 17.1 Å². The summed E-state index contributed by atoms with van der Waals surface area (Å²) >= 11 is 7.44. The van der Waals surface area contributed by atoms with Crippen LogP contribution in [0.25, 0.3) is 11.1 Å². The Kier molecular flexibility index (Phi) is 4.17. The minimum Gasteiger partial charge on any atom is -0.316 e. The number of hydrogen-bond donors (Lipinski definition) is 1. The fourth-order valence-corrected chi connectivity index (χ4v) is 4.77. The van der Waals surface area contributed by atoms with Crippen molar-refractivity contribution in [2.45, 2.75) is 19.3 Å². The van der Waals surface area contributed by atoms with Gasteiger partial charge in [-0.2, -0.15) is 0 Å². The highest BCUT2D eigenvalue weighted by molar-refractivity contribution is 7.21. The molecule has 1 N–H and O–H groups in total. The Bertz CT molecular complexity index is 1110. The number of hydrogen-bond acceptors (Lipinski definition) is 3. The van der Waals surface area contributed by atoms with Crippen LogP contribution in [0.1, 0.15) is 28.4 Å². The van der Waals surface area contributed by atoms with Crippen LogP contribution in [0, 0.1) is 12.7 Å². The number of benzene rings is 2. The molecule has 1 aliphatic rings. The van der Waals surface area contributed by atoms with Crippen molar-refractivity contribution in [3.8, 4) is 11.1 Å². The number of aryl methyl sites for hydroxylation is 1. The van der Waals surface area contributed by atoms with Gasteiger partial charge in [0.2, 0.25) is 5.91 Å². The Balaban J connectivity index is 1.96. The lowest BCUT2D eigenvalue weighted by molar-refractivity contribution is -0.119. The van der Waals surface area contributed by atoms with Crippen LogP contribution >= 0.6 is 22.9 Å². The molecular formula is C21H15ClFNO2S. The van der Waals surface area contributed by atoms with Crippen molar-refractivity contribution in [1.29, 1.82) is 0 Å². The van der Waals surface area contributed by atoms with Gasteiger partial charge < -0.3 is 5.32 Å². The molecule has 1 unspecified atom stereocenters. The molecule has 2 aromatic carbocycles. The molecule has 0 aliphatic carbocycles. The first-order valence-corrected chi connectivity index (χ1v) is 9.54. The van der Waals surface area contributed by atoms with Crippen LogP contribution in [-0.2, 0) is 10.2 Å². The summed E-state index contributed by atoms with van der Waals surface area (Å²) in [6.07, 6.45) is 0. The molecule has 0 radical (unpaired) electrons. The first-order chi connectivity index (χ1) is 12.8. The Morgan fingerprint density at radius 2 is 1.81 bits per heavy atom. The summed E-state index contributed by atoms with van der Waals surface area (Å²) in [7, 11) is 0. The van der Waals surface area contributed by atoms with E-state index in [2.05, 4.69) is 5.32 Å². The highest BCUT2D eigenvalue weighted by atomic mass is 35.5. The number of fused-ring (bicyclic) bond motifs is 1. The highest BCUT2D eigenvalue weighted by Gasteiger charge is 2.49. The molecule has 6 heteroatoms. The average molecular weight is 400 g/mol. The van der Waals surface area contributed by atoms with Crippen molar-refractivity contribution in [2.24, 2.45) is 0 Å². The molecule has 1 amide bonds. The normalized spacial score (nSPS) is 19.0. The van der Waals surface area contributed by atoms with Crippen LogP contribution in [-0.4, -0.2) is 11.7 Å².